The highest BCUT2D eigenvalue weighted by atomic mass is 32.1. The van der Waals surface area contributed by atoms with Gasteiger partial charge >= 0.3 is 0 Å². The minimum Gasteiger partial charge on any atom is -0.255 e. The monoisotopic (exact) mass is 479 g/mol. The van der Waals surface area contributed by atoms with Crippen LogP contribution < -0.4 is 0 Å². The highest BCUT2D eigenvalue weighted by molar-refractivity contribution is 7.23. The minimum atomic E-state index is -1.12. The second-order valence-corrected chi connectivity index (χ2v) is 17.5. The standard InChI is InChI=1S/C31H33NSSi/c1-20(2)28-18-25(17-24-9-7-8-10-27(24)28)29-31-26(15-16-32-29)21(3)30(33-31)23-13-11-22(12-14-23)19-34(4,5)6/h7-18,20H,19H2,1-6H3. The Hall–Kier alpha value is -2.75. The van der Waals surface area contributed by atoms with Crippen molar-refractivity contribution < 1.29 is 0 Å². The van der Waals surface area contributed by atoms with E-state index in [1.54, 1.807) is 0 Å². The molecule has 0 spiro atoms. The van der Waals surface area contributed by atoms with Crippen LogP contribution in [0, 0.1) is 6.92 Å². The minimum absolute atomic E-state index is 0.458. The fourth-order valence-electron chi connectivity index (χ4n) is 4.97. The lowest BCUT2D eigenvalue weighted by Gasteiger charge is -2.15. The molecule has 0 saturated heterocycles. The first kappa shape index (κ1) is 23.0. The fourth-order valence-corrected chi connectivity index (χ4v) is 7.75. The van der Waals surface area contributed by atoms with Crippen LogP contribution in [0.3, 0.4) is 0 Å². The zero-order valence-electron chi connectivity index (χ0n) is 21.1. The first-order valence-electron chi connectivity index (χ1n) is 12.2. The van der Waals surface area contributed by atoms with E-state index in [4.69, 9.17) is 4.98 Å². The van der Waals surface area contributed by atoms with E-state index < -0.39 is 8.07 Å². The van der Waals surface area contributed by atoms with E-state index in [9.17, 15) is 0 Å². The van der Waals surface area contributed by atoms with Gasteiger partial charge in [-0.15, -0.1) is 11.3 Å². The molecular weight excluding hydrogens is 447 g/mol. The zero-order chi connectivity index (χ0) is 24.0. The van der Waals surface area contributed by atoms with E-state index >= 15 is 0 Å². The summed E-state index contributed by atoms with van der Waals surface area (Å²) < 4.78 is 1.28. The molecule has 0 radical (unpaired) electrons. The Morgan fingerprint density at radius 1 is 0.853 bits per heavy atom. The van der Waals surface area contributed by atoms with Crippen LogP contribution >= 0.6 is 11.3 Å². The predicted molar refractivity (Wildman–Crippen MR) is 154 cm³/mol. The summed E-state index contributed by atoms with van der Waals surface area (Å²) in [7, 11) is -1.12. The number of aromatic nitrogens is 1. The molecule has 5 aromatic rings. The summed E-state index contributed by atoms with van der Waals surface area (Å²) in [6.07, 6.45) is 1.97. The lowest BCUT2D eigenvalue weighted by molar-refractivity contribution is 0.876. The maximum atomic E-state index is 4.90. The van der Waals surface area contributed by atoms with Crippen LogP contribution in [0.4, 0.5) is 0 Å². The number of aryl methyl sites for hydroxylation is 1. The van der Waals surface area contributed by atoms with Crippen LogP contribution in [0.25, 0.3) is 42.6 Å². The highest BCUT2D eigenvalue weighted by Crippen LogP contribution is 2.43. The van der Waals surface area contributed by atoms with Gasteiger partial charge in [0.15, 0.2) is 0 Å². The van der Waals surface area contributed by atoms with Crippen molar-refractivity contribution in [2.45, 2.75) is 52.4 Å². The van der Waals surface area contributed by atoms with E-state index in [0.717, 1.165) is 5.69 Å². The SMILES string of the molecule is Cc1c(-c2ccc(C[Si](C)(C)C)cc2)sc2c(-c3cc(C(C)C)c4ccccc4c3)nccc12. The Balaban J connectivity index is 1.64. The van der Waals surface area contributed by atoms with Gasteiger partial charge in [0.25, 0.3) is 0 Å². The topological polar surface area (TPSA) is 12.9 Å². The van der Waals surface area contributed by atoms with E-state index in [2.05, 4.69) is 107 Å². The predicted octanol–water partition coefficient (Wildman–Crippen LogP) is 9.64. The first-order chi connectivity index (χ1) is 16.2. The molecule has 0 unspecified atom stereocenters. The molecular formula is C31H33NSSi. The molecule has 3 aromatic carbocycles. The third kappa shape index (κ3) is 4.35. The zero-order valence-corrected chi connectivity index (χ0v) is 22.9. The van der Waals surface area contributed by atoms with Crippen LogP contribution in [-0.4, -0.2) is 13.1 Å². The maximum Gasteiger partial charge on any atom is 0.0880 e. The number of fused-ring (bicyclic) bond motifs is 2. The van der Waals surface area contributed by atoms with Gasteiger partial charge in [0.05, 0.1) is 10.4 Å². The molecule has 0 atom stereocenters. The van der Waals surface area contributed by atoms with Crippen molar-refractivity contribution in [1.29, 1.82) is 0 Å². The van der Waals surface area contributed by atoms with E-state index in [-0.39, 0.29) is 0 Å². The summed E-state index contributed by atoms with van der Waals surface area (Å²) in [5.41, 5.74) is 7.82. The van der Waals surface area contributed by atoms with Gasteiger partial charge in [0, 0.05) is 24.7 Å². The van der Waals surface area contributed by atoms with Crippen LogP contribution in [0.5, 0.6) is 0 Å². The van der Waals surface area contributed by atoms with Crippen LogP contribution in [0.2, 0.25) is 19.6 Å². The smallest absolute Gasteiger partial charge is 0.0880 e. The quantitative estimate of drug-likeness (QED) is 0.229. The summed E-state index contributed by atoms with van der Waals surface area (Å²) >= 11 is 1.88. The van der Waals surface area contributed by atoms with Crippen LogP contribution in [0.1, 0.15) is 36.5 Å². The molecule has 0 fully saturated rings. The van der Waals surface area contributed by atoms with Crippen LogP contribution in [-0.2, 0) is 6.04 Å². The van der Waals surface area contributed by atoms with Gasteiger partial charge < -0.3 is 0 Å². The number of pyridine rings is 1. The molecule has 0 saturated carbocycles. The third-order valence-corrected chi connectivity index (χ3v) is 9.43. The Morgan fingerprint density at radius 2 is 1.59 bits per heavy atom. The Kier molecular flexibility index (Phi) is 5.95. The average Bonchev–Trinajstić information content (AvgIpc) is 3.14. The van der Waals surface area contributed by atoms with Gasteiger partial charge in [-0.25, -0.2) is 0 Å². The number of thiophene rings is 1. The molecule has 0 amide bonds. The Bertz CT molecular complexity index is 1490. The van der Waals surface area contributed by atoms with Gasteiger partial charge in [-0.2, -0.15) is 0 Å². The molecule has 1 nitrogen and oxygen atoms in total. The molecule has 5 rings (SSSR count). The van der Waals surface area contributed by atoms with E-state index in [1.165, 1.54) is 59.6 Å². The fraction of sp³-hybridized carbons (Fsp3) is 0.258. The summed E-state index contributed by atoms with van der Waals surface area (Å²) in [5, 5.41) is 3.94. The van der Waals surface area contributed by atoms with Crippen molar-refractivity contribution in [2.75, 3.05) is 0 Å². The van der Waals surface area contributed by atoms with Crippen molar-refractivity contribution in [3.8, 4) is 21.7 Å². The molecule has 0 aliphatic carbocycles. The first-order valence-corrected chi connectivity index (χ1v) is 16.7. The number of hydrogen-bond acceptors (Lipinski definition) is 2. The molecule has 0 N–H and O–H groups in total. The normalized spacial score (nSPS) is 12.2. The number of rotatable bonds is 5. The van der Waals surface area contributed by atoms with Crippen molar-refractivity contribution in [1.82, 2.24) is 4.98 Å². The van der Waals surface area contributed by atoms with Gasteiger partial charge in [0.1, 0.15) is 0 Å². The lowest BCUT2D eigenvalue weighted by Crippen LogP contribution is -2.23. The second kappa shape index (κ2) is 8.79. The summed E-state index contributed by atoms with van der Waals surface area (Å²) in [5.74, 6) is 0.458. The molecule has 34 heavy (non-hydrogen) atoms. The second-order valence-electron chi connectivity index (χ2n) is 11.0. The van der Waals surface area contributed by atoms with Crippen molar-refractivity contribution >= 4 is 40.3 Å². The van der Waals surface area contributed by atoms with Gasteiger partial charge in [-0.1, -0.05) is 87.6 Å². The van der Waals surface area contributed by atoms with E-state index in [1.807, 2.05) is 17.5 Å². The molecule has 0 aliphatic rings. The molecule has 3 heteroatoms. The van der Waals surface area contributed by atoms with Crippen molar-refractivity contribution in [3.63, 3.8) is 0 Å². The molecule has 0 aliphatic heterocycles. The molecule has 2 aromatic heterocycles. The van der Waals surface area contributed by atoms with Gasteiger partial charge in [-0.3, -0.25) is 4.98 Å². The van der Waals surface area contributed by atoms with E-state index in [0.29, 0.717) is 5.92 Å². The average molecular weight is 480 g/mol. The number of nitrogens with zero attached hydrogens (tertiary/aromatic N) is 1. The third-order valence-electron chi connectivity index (χ3n) is 6.59. The molecule has 0 bridgehead atoms. The highest BCUT2D eigenvalue weighted by Gasteiger charge is 2.18. The Labute approximate surface area is 208 Å². The number of benzene rings is 3. The van der Waals surface area contributed by atoms with Gasteiger partial charge in [0.2, 0.25) is 0 Å². The molecule has 172 valence electrons. The summed E-state index contributed by atoms with van der Waals surface area (Å²) in [6, 6.07) is 26.1. The maximum absolute atomic E-state index is 4.90. The summed E-state index contributed by atoms with van der Waals surface area (Å²) in [6.45, 7) is 14.1. The van der Waals surface area contributed by atoms with Crippen molar-refractivity contribution in [3.05, 3.63) is 89.6 Å². The van der Waals surface area contributed by atoms with Crippen LogP contribution in [0.15, 0.2) is 72.9 Å². The molecule has 2 heterocycles. The van der Waals surface area contributed by atoms with Crippen molar-refractivity contribution in [2.24, 2.45) is 0 Å². The Morgan fingerprint density at radius 3 is 2.29 bits per heavy atom. The largest absolute Gasteiger partial charge is 0.255 e. The van der Waals surface area contributed by atoms with Gasteiger partial charge in [-0.05, 0) is 69.9 Å². The number of hydrogen-bond donors (Lipinski definition) is 0. The lowest BCUT2D eigenvalue weighted by atomic mass is 9.92. The summed E-state index contributed by atoms with van der Waals surface area (Å²) in [4.78, 5) is 6.26.